The van der Waals surface area contributed by atoms with Crippen molar-refractivity contribution < 1.29 is 27.5 Å². The quantitative estimate of drug-likeness (QED) is 0.423. The number of carbonyl (C=O) groups is 1. The van der Waals surface area contributed by atoms with Crippen LogP contribution in [0.15, 0.2) is 36.4 Å². The number of hydrogen-bond donors (Lipinski definition) is 1. The summed E-state index contributed by atoms with van der Waals surface area (Å²) in [6.45, 7) is 5.13. The van der Waals surface area contributed by atoms with E-state index in [0.29, 0.717) is 24.1 Å². The van der Waals surface area contributed by atoms with Gasteiger partial charge in [0, 0.05) is 24.4 Å². The summed E-state index contributed by atoms with van der Waals surface area (Å²) >= 11 is 0. The third kappa shape index (κ3) is 5.15. The van der Waals surface area contributed by atoms with Gasteiger partial charge >= 0.3 is 6.18 Å². The summed E-state index contributed by atoms with van der Waals surface area (Å²) in [6, 6.07) is 7.13. The largest absolute Gasteiger partial charge is 0.416 e. The van der Waals surface area contributed by atoms with E-state index in [1.807, 2.05) is 6.92 Å². The standard InChI is InChI=1S/C22H25F4NO2/c1-4-15(10-11-28)19-13-17(23)7-9-20(19)27(5-2)21-12-16(22(24,25)26)6-8-18(21)14(3)29/h6-9,12-13,15,28H,4-5,10-11H2,1-3H3. The second-order valence-electron chi connectivity index (χ2n) is 6.85. The van der Waals surface area contributed by atoms with E-state index in [1.165, 1.54) is 31.2 Å². The van der Waals surface area contributed by atoms with E-state index < -0.39 is 17.6 Å². The predicted molar refractivity (Wildman–Crippen MR) is 105 cm³/mol. The number of ketones is 1. The van der Waals surface area contributed by atoms with E-state index in [0.717, 1.165) is 12.1 Å². The first-order valence-electron chi connectivity index (χ1n) is 9.54. The number of rotatable bonds is 8. The van der Waals surface area contributed by atoms with Gasteiger partial charge in [0.1, 0.15) is 5.82 Å². The lowest BCUT2D eigenvalue weighted by Gasteiger charge is -2.30. The Morgan fingerprint density at radius 1 is 1.10 bits per heavy atom. The fraction of sp³-hybridized carbons (Fsp3) is 0.409. The molecule has 0 bridgehead atoms. The number of carbonyl (C=O) groups excluding carboxylic acids is 1. The number of hydrogen-bond acceptors (Lipinski definition) is 3. The van der Waals surface area contributed by atoms with Gasteiger partial charge < -0.3 is 10.0 Å². The van der Waals surface area contributed by atoms with Gasteiger partial charge in [-0.05, 0) is 74.6 Å². The van der Waals surface area contributed by atoms with Crippen molar-refractivity contribution in [2.75, 3.05) is 18.1 Å². The third-order valence-corrected chi connectivity index (χ3v) is 5.00. The fourth-order valence-electron chi connectivity index (χ4n) is 3.53. The van der Waals surface area contributed by atoms with Crippen LogP contribution in [0.5, 0.6) is 0 Å². The Bertz CT molecular complexity index is 864. The summed E-state index contributed by atoms with van der Waals surface area (Å²) in [7, 11) is 0. The van der Waals surface area contributed by atoms with Crippen LogP contribution >= 0.6 is 0 Å². The summed E-state index contributed by atoms with van der Waals surface area (Å²) in [5.74, 6) is -1.00. The van der Waals surface area contributed by atoms with Crippen molar-refractivity contribution in [2.45, 2.75) is 45.7 Å². The molecule has 0 spiro atoms. The van der Waals surface area contributed by atoms with Crippen LogP contribution in [0, 0.1) is 5.82 Å². The topological polar surface area (TPSA) is 40.5 Å². The van der Waals surface area contributed by atoms with E-state index in [4.69, 9.17) is 0 Å². The van der Waals surface area contributed by atoms with Crippen molar-refractivity contribution in [2.24, 2.45) is 0 Å². The molecule has 0 fully saturated rings. The molecule has 0 aliphatic carbocycles. The molecule has 0 amide bonds. The van der Waals surface area contributed by atoms with Crippen molar-refractivity contribution >= 4 is 17.2 Å². The molecule has 2 aromatic carbocycles. The molecule has 1 N–H and O–H groups in total. The minimum Gasteiger partial charge on any atom is -0.396 e. The zero-order valence-electron chi connectivity index (χ0n) is 16.7. The van der Waals surface area contributed by atoms with Crippen molar-refractivity contribution in [3.63, 3.8) is 0 Å². The van der Waals surface area contributed by atoms with Crippen molar-refractivity contribution in [3.05, 3.63) is 58.9 Å². The molecule has 0 aliphatic heterocycles. The minimum atomic E-state index is -4.56. The number of nitrogens with zero attached hydrogens (tertiary/aromatic N) is 1. The molecular formula is C22H25F4NO2. The van der Waals surface area contributed by atoms with Gasteiger partial charge in [-0.1, -0.05) is 6.92 Å². The third-order valence-electron chi connectivity index (χ3n) is 5.00. The molecule has 2 aromatic rings. The molecular weight excluding hydrogens is 386 g/mol. The van der Waals surface area contributed by atoms with Gasteiger partial charge in [0.15, 0.2) is 5.78 Å². The summed E-state index contributed by atoms with van der Waals surface area (Å²) in [5, 5.41) is 9.37. The Kier molecular flexibility index (Phi) is 7.41. The molecule has 0 aliphatic rings. The molecule has 1 unspecified atom stereocenters. The van der Waals surface area contributed by atoms with Crippen LogP contribution in [-0.4, -0.2) is 24.0 Å². The van der Waals surface area contributed by atoms with Gasteiger partial charge in [-0.25, -0.2) is 4.39 Å². The maximum Gasteiger partial charge on any atom is 0.416 e. The van der Waals surface area contributed by atoms with Crippen LogP contribution in [0.1, 0.15) is 61.0 Å². The molecule has 1 atom stereocenters. The highest BCUT2D eigenvalue weighted by atomic mass is 19.4. The summed E-state index contributed by atoms with van der Waals surface area (Å²) < 4.78 is 53.9. The Labute approximate surface area is 168 Å². The van der Waals surface area contributed by atoms with E-state index in [-0.39, 0.29) is 36.1 Å². The first kappa shape index (κ1) is 22.9. The van der Waals surface area contributed by atoms with Gasteiger partial charge in [-0.3, -0.25) is 4.79 Å². The van der Waals surface area contributed by atoms with Crippen molar-refractivity contribution in [3.8, 4) is 0 Å². The zero-order chi connectivity index (χ0) is 21.8. The molecule has 0 saturated carbocycles. The Hall–Kier alpha value is -2.41. The van der Waals surface area contributed by atoms with Crippen LogP contribution < -0.4 is 4.90 Å². The molecule has 0 aromatic heterocycles. The fourth-order valence-corrected chi connectivity index (χ4v) is 3.53. The van der Waals surface area contributed by atoms with Gasteiger partial charge in [0.05, 0.1) is 11.3 Å². The van der Waals surface area contributed by atoms with Crippen LogP contribution in [-0.2, 0) is 6.18 Å². The van der Waals surface area contributed by atoms with E-state index in [1.54, 1.807) is 11.8 Å². The van der Waals surface area contributed by atoms with E-state index in [9.17, 15) is 27.5 Å². The number of anilines is 2. The molecule has 2 rings (SSSR count). The molecule has 0 heterocycles. The highest BCUT2D eigenvalue weighted by Crippen LogP contribution is 2.40. The molecule has 29 heavy (non-hydrogen) atoms. The molecule has 158 valence electrons. The van der Waals surface area contributed by atoms with Gasteiger partial charge in [0.25, 0.3) is 0 Å². The lowest BCUT2D eigenvalue weighted by atomic mass is 9.91. The lowest BCUT2D eigenvalue weighted by molar-refractivity contribution is -0.137. The van der Waals surface area contributed by atoms with Crippen molar-refractivity contribution in [1.82, 2.24) is 0 Å². The van der Waals surface area contributed by atoms with Crippen LogP contribution in [0.4, 0.5) is 28.9 Å². The average molecular weight is 411 g/mol. The second-order valence-corrected chi connectivity index (χ2v) is 6.85. The van der Waals surface area contributed by atoms with Crippen LogP contribution in [0.2, 0.25) is 0 Å². The van der Waals surface area contributed by atoms with Crippen molar-refractivity contribution in [1.29, 1.82) is 0 Å². The van der Waals surface area contributed by atoms with Gasteiger partial charge in [-0.2, -0.15) is 13.2 Å². The predicted octanol–water partition coefficient (Wildman–Crippen LogP) is 6.08. The Balaban J connectivity index is 2.72. The lowest BCUT2D eigenvalue weighted by Crippen LogP contribution is -2.22. The summed E-state index contributed by atoms with van der Waals surface area (Å²) in [5.41, 5.74) is 0.542. The summed E-state index contributed by atoms with van der Waals surface area (Å²) in [6.07, 6.45) is -3.54. The first-order valence-corrected chi connectivity index (χ1v) is 9.54. The molecule has 0 radical (unpaired) electrons. The number of aliphatic hydroxyl groups is 1. The van der Waals surface area contributed by atoms with Gasteiger partial charge in [-0.15, -0.1) is 0 Å². The monoisotopic (exact) mass is 411 g/mol. The van der Waals surface area contributed by atoms with E-state index in [2.05, 4.69) is 0 Å². The van der Waals surface area contributed by atoms with E-state index >= 15 is 0 Å². The zero-order valence-corrected chi connectivity index (χ0v) is 16.7. The number of Topliss-reactive ketones (excluding diaryl/α,β-unsaturated/α-hetero) is 1. The highest BCUT2D eigenvalue weighted by Gasteiger charge is 2.32. The SMILES string of the molecule is CCC(CCO)c1cc(F)ccc1N(CC)c1cc(C(F)(F)F)ccc1C(C)=O. The van der Waals surface area contributed by atoms with Crippen LogP contribution in [0.3, 0.4) is 0 Å². The average Bonchev–Trinajstić information content (AvgIpc) is 2.66. The number of aliphatic hydroxyl groups excluding tert-OH is 1. The van der Waals surface area contributed by atoms with Crippen LogP contribution in [0.25, 0.3) is 0 Å². The molecule has 0 saturated heterocycles. The number of halogens is 4. The second kappa shape index (κ2) is 9.39. The maximum absolute atomic E-state index is 14.0. The summed E-state index contributed by atoms with van der Waals surface area (Å²) in [4.78, 5) is 13.7. The molecule has 7 heteroatoms. The Morgan fingerprint density at radius 2 is 1.79 bits per heavy atom. The first-order chi connectivity index (χ1) is 13.6. The maximum atomic E-state index is 14.0. The highest BCUT2D eigenvalue weighted by molar-refractivity contribution is 6.00. The number of alkyl halides is 3. The minimum absolute atomic E-state index is 0.0944. The van der Waals surface area contributed by atoms with Gasteiger partial charge in [0.2, 0.25) is 0 Å². The number of benzene rings is 2. The normalized spacial score (nSPS) is 12.7. The Morgan fingerprint density at radius 3 is 2.31 bits per heavy atom. The molecule has 3 nitrogen and oxygen atoms in total. The smallest absolute Gasteiger partial charge is 0.396 e.